The van der Waals surface area contributed by atoms with Crippen LogP contribution < -0.4 is 10.6 Å². The summed E-state index contributed by atoms with van der Waals surface area (Å²) in [4.78, 5) is 12.0. The van der Waals surface area contributed by atoms with Crippen molar-refractivity contribution in [1.82, 2.24) is 10.6 Å². The second kappa shape index (κ2) is 6.74. The third kappa shape index (κ3) is 5.13. The van der Waals surface area contributed by atoms with Crippen LogP contribution >= 0.6 is 0 Å². The van der Waals surface area contributed by atoms with Gasteiger partial charge < -0.3 is 10.6 Å². The standard InChI is InChI=1S/C16H30N2O/c1-11(2)9-13-5-4-6-15(10-13)17-12(3)16(19)18-14-7-8-14/h11-15,17H,4-10H2,1-3H3,(H,18,19). The Kier molecular flexibility index (Phi) is 5.26. The van der Waals surface area contributed by atoms with Gasteiger partial charge in [-0.15, -0.1) is 0 Å². The molecule has 2 fully saturated rings. The molecule has 2 N–H and O–H groups in total. The van der Waals surface area contributed by atoms with Crippen LogP contribution in [0.5, 0.6) is 0 Å². The molecule has 0 heterocycles. The quantitative estimate of drug-likeness (QED) is 0.776. The molecule has 19 heavy (non-hydrogen) atoms. The zero-order valence-electron chi connectivity index (χ0n) is 12.7. The van der Waals surface area contributed by atoms with Gasteiger partial charge in [-0.25, -0.2) is 0 Å². The SMILES string of the molecule is CC(C)CC1CCCC(NC(C)C(=O)NC2CC2)C1. The van der Waals surface area contributed by atoms with Crippen LogP contribution in [0.15, 0.2) is 0 Å². The Hall–Kier alpha value is -0.570. The monoisotopic (exact) mass is 266 g/mol. The van der Waals surface area contributed by atoms with E-state index in [2.05, 4.69) is 24.5 Å². The summed E-state index contributed by atoms with van der Waals surface area (Å²) in [6.07, 6.45) is 8.83. The maximum atomic E-state index is 12.0. The van der Waals surface area contributed by atoms with Crippen molar-refractivity contribution >= 4 is 5.91 Å². The molecule has 1 amide bonds. The van der Waals surface area contributed by atoms with E-state index in [0.29, 0.717) is 12.1 Å². The van der Waals surface area contributed by atoms with E-state index in [1.54, 1.807) is 0 Å². The minimum absolute atomic E-state index is 0.0385. The average molecular weight is 266 g/mol. The smallest absolute Gasteiger partial charge is 0.237 e. The zero-order chi connectivity index (χ0) is 13.8. The summed E-state index contributed by atoms with van der Waals surface area (Å²) in [5, 5.41) is 6.63. The first kappa shape index (κ1) is 14.8. The van der Waals surface area contributed by atoms with Crippen molar-refractivity contribution in [1.29, 1.82) is 0 Å². The molecule has 0 radical (unpaired) electrons. The molecular weight excluding hydrogens is 236 g/mol. The lowest BCUT2D eigenvalue weighted by Crippen LogP contribution is -2.48. The molecule has 3 nitrogen and oxygen atoms in total. The lowest BCUT2D eigenvalue weighted by Gasteiger charge is -2.32. The minimum atomic E-state index is -0.0385. The molecule has 110 valence electrons. The number of carbonyl (C=O) groups is 1. The third-order valence-corrected chi connectivity index (χ3v) is 4.39. The maximum absolute atomic E-state index is 12.0. The van der Waals surface area contributed by atoms with Gasteiger partial charge in [0.05, 0.1) is 6.04 Å². The topological polar surface area (TPSA) is 41.1 Å². The molecule has 2 saturated carbocycles. The normalized spacial score (nSPS) is 29.3. The Morgan fingerprint density at radius 2 is 1.84 bits per heavy atom. The molecule has 0 aromatic heterocycles. The summed E-state index contributed by atoms with van der Waals surface area (Å²) < 4.78 is 0. The largest absolute Gasteiger partial charge is 0.352 e. The van der Waals surface area contributed by atoms with E-state index in [1.807, 2.05) is 6.92 Å². The van der Waals surface area contributed by atoms with E-state index in [1.165, 1.54) is 44.9 Å². The number of amides is 1. The summed E-state index contributed by atoms with van der Waals surface area (Å²) in [6, 6.07) is 0.970. The maximum Gasteiger partial charge on any atom is 0.237 e. The van der Waals surface area contributed by atoms with Crippen LogP contribution in [-0.4, -0.2) is 24.0 Å². The van der Waals surface area contributed by atoms with Gasteiger partial charge >= 0.3 is 0 Å². The predicted octanol–water partition coefficient (Wildman–Crippen LogP) is 2.85. The minimum Gasteiger partial charge on any atom is -0.352 e. The van der Waals surface area contributed by atoms with Crippen LogP contribution in [0.3, 0.4) is 0 Å². The van der Waals surface area contributed by atoms with Gasteiger partial charge in [0.15, 0.2) is 0 Å². The summed E-state index contributed by atoms with van der Waals surface area (Å²) in [7, 11) is 0. The van der Waals surface area contributed by atoms with Crippen molar-refractivity contribution in [2.24, 2.45) is 11.8 Å². The second-order valence-corrected chi connectivity index (χ2v) is 7.03. The lowest BCUT2D eigenvalue weighted by atomic mass is 9.81. The van der Waals surface area contributed by atoms with Gasteiger partial charge in [0.1, 0.15) is 0 Å². The van der Waals surface area contributed by atoms with Crippen molar-refractivity contribution in [3.8, 4) is 0 Å². The van der Waals surface area contributed by atoms with E-state index in [4.69, 9.17) is 0 Å². The van der Waals surface area contributed by atoms with Crippen LogP contribution in [0.2, 0.25) is 0 Å². The highest BCUT2D eigenvalue weighted by atomic mass is 16.2. The average Bonchev–Trinajstić information content (AvgIpc) is 3.12. The number of carbonyl (C=O) groups excluding carboxylic acids is 1. The Labute approximate surface area is 117 Å². The number of hydrogen-bond acceptors (Lipinski definition) is 2. The summed E-state index contributed by atoms with van der Waals surface area (Å²) in [5.41, 5.74) is 0. The van der Waals surface area contributed by atoms with E-state index >= 15 is 0 Å². The molecule has 0 aromatic carbocycles. The Bertz CT molecular complexity index is 299. The van der Waals surface area contributed by atoms with Gasteiger partial charge in [-0.3, -0.25) is 4.79 Å². The molecule has 0 bridgehead atoms. The molecule has 3 heteroatoms. The Morgan fingerprint density at radius 3 is 2.47 bits per heavy atom. The third-order valence-electron chi connectivity index (χ3n) is 4.39. The fourth-order valence-corrected chi connectivity index (χ4v) is 3.31. The van der Waals surface area contributed by atoms with E-state index in [-0.39, 0.29) is 11.9 Å². The highest BCUT2D eigenvalue weighted by Gasteiger charge is 2.28. The van der Waals surface area contributed by atoms with Crippen molar-refractivity contribution < 1.29 is 4.79 Å². The number of rotatable bonds is 6. The summed E-state index contributed by atoms with van der Waals surface area (Å²) in [5.74, 6) is 1.83. The molecule has 2 rings (SSSR count). The predicted molar refractivity (Wildman–Crippen MR) is 79.0 cm³/mol. The van der Waals surface area contributed by atoms with Gasteiger partial charge in [-0.2, -0.15) is 0 Å². The van der Waals surface area contributed by atoms with E-state index < -0.39 is 0 Å². The van der Waals surface area contributed by atoms with E-state index in [9.17, 15) is 4.79 Å². The molecular formula is C16H30N2O. The number of nitrogens with one attached hydrogen (secondary N) is 2. The fraction of sp³-hybridized carbons (Fsp3) is 0.938. The summed E-state index contributed by atoms with van der Waals surface area (Å²) in [6.45, 7) is 6.62. The molecule has 3 unspecified atom stereocenters. The zero-order valence-corrected chi connectivity index (χ0v) is 12.7. The van der Waals surface area contributed by atoms with Crippen LogP contribution in [0.4, 0.5) is 0 Å². The first-order chi connectivity index (χ1) is 9.04. The molecule has 0 saturated heterocycles. The van der Waals surface area contributed by atoms with Gasteiger partial charge in [-0.1, -0.05) is 26.7 Å². The first-order valence-corrected chi connectivity index (χ1v) is 8.11. The van der Waals surface area contributed by atoms with Crippen molar-refractivity contribution in [2.75, 3.05) is 0 Å². The van der Waals surface area contributed by atoms with E-state index in [0.717, 1.165) is 11.8 Å². The van der Waals surface area contributed by atoms with Crippen molar-refractivity contribution in [2.45, 2.75) is 83.8 Å². The Balaban J connectivity index is 1.72. The first-order valence-electron chi connectivity index (χ1n) is 8.11. The highest BCUT2D eigenvalue weighted by molar-refractivity contribution is 5.81. The van der Waals surface area contributed by atoms with Crippen LogP contribution in [0.1, 0.15) is 65.7 Å². The fourth-order valence-electron chi connectivity index (χ4n) is 3.31. The van der Waals surface area contributed by atoms with Crippen molar-refractivity contribution in [3.05, 3.63) is 0 Å². The van der Waals surface area contributed by atoms with Gasteiger partial charge in [-0.05, 0) is 50.9 Å². The van der Waals surface area contributed by atoms with Crippen LogP contribution in [0.25, 0.3) is 0 Å². The molecule has 2 aliphatic rings. The van der Waals surface area contributed by atoms with Crippen LogP contribution in [-0.2, 0) is 4.79 Å². The molecule has 0 aliphatic heterocycles. The van der Waals surface area contributed by atoms with Gasteiger partial charge in [0, 0.05) is 12.1 Å². The summed E-state index contributed by atoms with van der Waals surface area (Å²) >= 11 is 0. The Morgan fingerprint density at radius 1 is 1.11 bits per heavy atom. The van der Waals surface area contributed by atoms with Gasteiger partial charge in [0.25, 0.3) is 0 Å². The molecule has 0 aromatic rings. The number of hydrogen-bond donors (Lipinski definition) is 2. The van der Waals surface area contributed by atoms with Gasteiger partial charge in [0.2, 0.25) is 5.91 Å². The molecule has 2 aliphatic carbocycles. The van der Waals surface area contributed by atoms with Crippen molar-refractivity contribution in [3.63, 3.8) is 0 Å². The van der Waals surface area contributed by atoms with Crippen LogP contribution in [0, 0.1) is 11.8 Å². The lowest BCUT2D eigenvalue weighted by molar-refractivity contribution is -0.123. The second-order valence-electron chi connectivity index (χ2n) is 7.03. The molecule has 3 atom stereocenters. The molecule has 0 spiro atoms. The highest BCUT2D eigenvalue weighted by Crippen LogP contribution is 2.29.